The number of carbonyl (C=O) groups excluding carboxylic acids is 1. The number of amides is 1. The first kappa shape index (κ1) is 10.9. The summed E-state index contributed by atoms with van der Waals surface area (Å²) in [5.74, 6) is 0.317. The minimum Gasteiger partial charge on any atom is -0.352 e. The fraction of sp³-hybridized carbons (Fsp3) is 0.400. The van der Waals surface area contributed by atoms with Gasteiger partial charge in [0.25, 0.3) is 5.91 Å². The van der Waals surface area contributed by atoms with Crippen LogP contribution in [0.3, 0.4) is 0 Å². The van der Waals surface area contributed by atoms with Crippen molar-refractivity contribution in [3.8, 4) is 0 Å². The first-order chi connectivity index (χ1) is 7.66. The first-order valence-electron chi connectivity index (χ1n) is 5.03. The van der Waals surface area contributed by atoms with Crippen LogP contribution < -0.4 is 5.32 Å². The van der Waals surface area contributed by atoms with Crippen LogP contribution in [0.4, 0.5) is 0 Å². The van der Waals surface area contributed by atoms with Gasteiger partial charge in [0.05, 0.1) is 17.3 Å². The number of nitrogens with one attached hydrogen (secondary N) is 1. The van der Waals surface area contributed by atoms with Gasteiger partial charge in [0, 0.05) is 12.7 Å². The number of aromatic nitrogens is 3. The highest BCUT2D eigenvalue weighted by atomic mass is 32.1. The molecule has 0 fully saturated rings. The summed E-state index contributed by atoms with van der Waals surface area (Å²) >= 11 is 1.10. The highest BCUT2D eigenvalue weighted by molar-refractivity contribution is 7.00. The lowest BCUT2D eigenvalue weighted by molar-refractivity contribution is 0.0949. The maximum Gasteiger partial charge on any atom is 0.252 e. The molecule has 16 heavy (non-hydrogen) atoms. The van der Waals surface area contributed by atoms with E-state index in [9.17, 15) is 4.79 Å². The van der Waals surface area contributed by atoms with E-state index in [1.165, 1.54) is 6.20 Å². The van der Waals surface area contributed by atoms with Crippen LogP contribution in [0.15, 0.2) is 12.3 Å². The molecule has 1 amide bonds. The Balaban J connectivity index is 2.16. The lowest BCUT2D eigenvalue weighted by atomic mass is 10.2. The van der Waals surface area contributed by atoms with Gasteiger partial charge in [-0.15, -0.1) is 0 Å². The third kappa shape index (κ3) is 2.33. The predicted molar refractivity (Wildman–Crippen MR) is 62.4 cm³/mol. The maximum atomic E-state index is 11.7. The van der Waals surface area contributed by atoms with E-state index in [2.05, 4.69) is 19.0 Å². The summed E-state index contributed by atoms with van der Waals surface area (Å²) in [5, 5.41) is 2.83. The second kappa shape index (κ2) is 4.52. The summed E-state index contributed by atoms with van der Waals surface area (Å²) in [4.78, 5) is 15.8. The van der Waals surface area contributed by atoms with Crippen molar-refractivity contribution in [3.05, 3.63) is 17.8 Å². The minimum absolute atomic E-state index is 0.115. The average Bonchev–Trinajstić information content (AvgIpc) is 2.72. The average molecular weight is 236 g/mol. The van der Waals surface area contributed by atoms with Crippen molar-refractivity contribution in [1.29, 1.82) is 0 Å². The molecule has 5 nitrogen and oxygen atoms in total. The number of pyridine rings is 1. The Labute approximate surface area is 97.2 Å². The number of fused-ring (bicyclic) bond motifs is 1. The van der Waals surface area contributed by atoms with Gasteiger partial charge in [-0.25, -0.2) is 4.98 Å². The summed E-state index contributed by atoms with van der Waals surface area (Å²) in [5.41, 5.74) is 1.79. The van der Waals surface area contributed by atoms with Gasteiger partial charge in [0.1, 0.15) is 5.52 Å². The van der Waals surface area contributed by atoms with Crippen molar-refractivity contribution < 1.29 is 4.79 Å². The molecule has 6 heteroatoms. The van der Waals surface area contributed by atoms with Gasteiger partial charge in [-0.2, -0.15) is 8.75 Å². The van der Waals surface area contributed by atoms with E-state index in [1.54, 1.807) is 6.07 Å². The van der Waals surface area contributed by atoms with Crippen molar-refractivity contribution in [1.82, 2.24) is 19.0 Å². The Morgan fingerprint density at radius 1 is 1.50 bits per heavy atom. The second-order valence-electron chi connectivity index (χ2n) is 3.93. The quantitative estimate of drug-likeness (QED) is 0.876. The number of carbonyl (C=O) groups is 1. The van der Waals surface area contributed by atoms with Crippen molar-refractivity contribution in [2.45, 2.75) is 13.8 Å². The molecule has 0 saturated heterocycles. The third-order valence-electron chi connectivity index (χ3n) is 2.05. The summed E-state index contributed by atoms with van der Waals surface area (Å²) in [6, 6.07) is 1.71. The summed E-state index contributed by atoms with van der Waals surface area (Å²) in [7, 11) is 0. The van der Waals surface area contributed by atoms with Crippen molar-refractivity contribution >= 4 is 28.8 Å². The van der Waals surface area contributed by atoms with E-state index in [0.29, 0.717) is 29.2 Å². The van der Waals surface area contributed by atoms with Gasteiger partial charge >= 0.3 is 0 Å². The summed E-state index contributed by atoms with van der Waals surface area (Å²) in [6.45, 7) is 4.75. The monoisotopic (exact) mass is 236 g/mol. The van der Waals surface area contributed by atoms with Crippen molar-refractivity contribution in [2.24, 2.45) is 5.92 Å². The molecule has 0 atom stereocenters. The molecule has 2 aromatic rings. The van der Waals surface area contributed by atoms with Gasteiger partial charge in [-0.1, -0.05) is 13.8 Å². The zero-order valence-electron chi connectivity index (χ0n) is 9.10. The molecule has 2 aromatic heterocycles. The molecule has 0 unspecified atom stereocenters. The van der Waals surface area contributed by atoms with E-state index in [4.69, 9.17) is 0 Å². The topological polar surface area (TPSA) is 67.8 Å². The molecule has 0 aromatic carbocycles. The molecule has 0 aliphatic carbocycles. The van der Waals surface area contributed by atoms with Crippen LogP contribution in [0, 0.1) is 5.92 Å². The molecule has 0 saturated carbocycles. The van der Waals surface area contributed by atoms with Gasteiger partial charge in [0.2, 0.25) is 0 Å². The third-order valence-corrected chi connectivity index (χ3v) is 2.58. The highest BCUT2D eigenvalue weighted by Crippen LogP contribution is 2.10. The molecular formula is C10H12N4OS. The van der Waals surface area contributed by atoms with Gasteiger partial charge in [-0.05, 0) is 12.0 Å². The van der Waals surface area contributed by atoms with Crippen LogP contribution in [-0.4, -0.2) is 26.2 Å². The van der Waals surface area contributed by atoms with Gasteiger partial charge in [-0.3, -0.25) is 4.79 Å². The van der Waals surface area contributed by atoms with Crippen LogP contribution in [-0.2, 0) is 0 Å². The Morgan fingerprint density at radius 2 is 2.31 bits per heavy atom. The van der Waals surface area contributed by atoms with Crippen molar-refractivity contribution in [2.75, 3.05) is 6.54 Å². The molecule has 0 spiro atoms. The Bertz CT molecular complexity index is 508. The predicted octanol–water partition coefficient (Wildman–Crippen LogP) is 1.47. The van der Waals surface area contributed by atoms with E-state index >= 15 is 0 Å². The van der Waals surface area contributed by atoms with Crippen molar-refractivity contribution in [3.63, 3.8) is 0 Å². The summed E-state index contributed by atoms with van der Waals surface area (Å²) in [6.07, 6.45) is 1.53. The Morgan fingerprint density at radius 3 is 3.06 bits per heavy atom. The molecule has 0 aliphatic rings. The lowest BCUT2D eigenvalue weighted by Crippen LogP contribution is -2.27. The highest BCUT2D eigenvalue weighted by Gasteiger charge is 2.09. The molecule has 84 valence electrons. The fourth-order valence-corrected chi connectivity index (χ4v) is 1.69. The minimum atomic E-state index is -0.115. The Kier molecular flexibility index (Phi) is 3.09. The van der Waals surface area contributed by atoms with E-state index in [0.717, 1.165) is 11.7 Å². The molecular weight excluding hydrogens is 224 g/mol. The smallest absolute Gasteiger partial charge is 0.252 e. The number of rotatable bonds is 3. The van der Waals surface area contributed by atoms with E-state index < -0.39 is 0 Å². The lowest BCUT2D eigenvalue weighted by Gasteiger charge is -2.06. The molecule has 1 N–H and O–H groups in total. The maximum absolute atomic E-state index is 11.7. The first-order valence-corrected chi connectivity index (χ1v) is 5.76. The van der Waals surface area contributed by atoms with E-state index in [1.807, 2.05) is 13.8 Å². The van der Waals surface area contributed by atoms with Gasteiger partial charge in [0.15, 0.2) is 5.65 Å². The molecule has 2 rings (SSSR count). The SMILES string of the molecule is CC(C)CNC(=O)c1cnc2nsnc2c1. The second-order valence-corrected chi connectivity index (χ2v) is 4.46. The van der Waals surface area contributed by atoms with Crippen LogP contribution in [0.5, 0.6) is 0 Å². The summed E-state index contributed by atoms with van der Waals surface area (Å²) < 4.78 is 8.03. The Hall–Kier alpha value is -1.56. The van der Waals surface area contributed by atoms with E-state index in [-0.39, 0.29) is 5.91 Å². The number of hydrogen-bond acceptors (Lipinski definition) is 5. The standard InChI is InChI=1S/C10H12N4OS/c1-6(2)4-12-10(15)7-3-8-9(11-5-7)14-16-13-8/h3,5-6H,4H2,1-2H3,(H,12,15). The normalized spacial score (nSPS) is 10.9. The van der Waals surface area contributed by atoms with Crippen LogP contribution in [0.2, 0.25) is 0 Å². The zero-order chi connectivity index (χ0) is 11.5. The van der Waals surface area contributed by atoms with Crippen LogP contribution in [0.25, 0.3) is 11.2 Å². The molecule has 0 aliphatic heterocycles. The molecule has 0 radical (unpaired) electrons. The fourth-order valence-electron chi connectivity index (χ4n) is 1.21. The molecule has 2 heterocycles. The zero-order valence-corrected chi connectivity index (χ0v) is 9.91. The largest absolute Gasteiger partial charge is 0.352 e. The van der Waals surface area contributed by atoms with Gasteiger partial charge < -0.3 is 5.32 Å². The van der Waals surface area contributed by atoms with Crippen LogP contribution >= 0.6 is 11.7 Å². The number of hydrogen-bond donors (Lipinski definition) is 1. The molecule has 0 bridgehead atoms. The number of nitrogens with zero attached hydrogens (tertiary/aromatic N) is 3. The van der Waals surface area contributed by atoms with Crippen LogP contribution in [0.1, 0.15) is 24.2 Å².